The van der Waals surface area contributed by atoms with Crippen molar-refractivity contribution in [2.45, 2.75) is 0 Å². The second-order valence-electron chi connectivity index (χ2n) is 7.89. The summed E-state index contributed by atoms with van der Waals surface area (Å²) in [5, 5.41) is 0. The fraction of sp³-hybridized carbons (Fsp3) is 0. The Hall–Kier alpha value is -4.70. The van der Waals surface area contributed by atoms with Crippen molar-refractivity contribution in [1.29, 1.82) is 0 Å². The van der Waals surface area contributed by atoms with Crippen LogP contribution in [0.1, 0.15) is 16.7 Å². The summed E-state index contributed by atoms with van der Waals surface area (Å²) < 4.78 is 2.19. The van der Waals surface area contributed by atoms with Crippen LogP contribution in [-0.2, 0) is 0 Å². The maximum Gasteiger partial charge on any atom is 0.239 e. The van der Waals surface area contributed by atoms with Crippen molar-refractivity contribution in [3.05, 3.63) is 115 Å². The first-order valence-corrected chi connectivity index (χ1v) is 10.9. The van der Waals surface area contributed by atoms with Gasteiger partial charge in [-0.05, 0) is 65.9 Å². The maximum atomic E-state index is 4.89. The van der Waals surface area contributed by atoms with E-state index in [1.165, 1.54) is 0 Å². The minimum Gasteiger partial charge on any atom is -0.264 e. The normalized spacial score (nSPS) is 11.2. The molecule has 0 aliphatic carbocycles. The highest BCUT2D eigenvalue weighted by Gasteiger charge is 2.20. The number of benzene rings is 4. The predicted octanol–water partition coefficient (Wildman–Crippen LogP) is 7.03. The Labute approximate surface area is 198 Å². The van der Waals surface area contributed by atoms with Gasteiger partial charge in [0.15, 0.2) is 0 Å². The van der Waals surface area contributed by atoms with Crippen LogP contribution < -0.4 is 4.57 Å². The fourth-order valence-corrected chi connectivity index (χ4v) is 4.03. The van der Waals surface area contributed by atoms with Gasteiger partial charge >= 0.3 is 0 Å². The van der Waals surface area contributed by atoms with Gasteiger partial charge in [0.2, 0.25) is 16.7 Å². The average molecular weight is 440 g/mol. The van der Waals surface area contributed by atoms with Crippen molar-refractivity contribution in [2.75, 3.05) is 0 Å². The smallest absolute Gasteiger partial charge is 0.239 e. The number of aromatic nitrogens is 2. The highest BCUT2D eigenvalue weighted by molar-refractivity contribution is 5.88. The molecule has 4 nitrogen and oxygen atoms in total. The van der Waals surface area contributed by atoms with Crippen LogP contribution in [0.3, 0.4) is 0 Å². The zero-order chi connectivity index (χ0) is 23.5. The Bertz CT molecular complexity index is 1570. The Morgan fingerprint density at radius 2 is 1.26 bits per heavy atom. The zero-order valence-corrected chi connectivity index (χ0v) is 18.7. The molecular formula is C30H23N4+. The lowest BCUT2D eigenvalue weighted by atomic mass is 10.1. The van der Waals surface area contributed by atoms with Gasteiger partial charge in [-0.2, -0.15) is 0 Å². The molecule has 1 heterocycles. The molecule has 0 radical (unpaired) electrons. The minimum absolute atomic E-state index is 0.799. The van der Waals surface area contributed by atoms with Gasteiger partial charge < -0.3 is 0 Å². The largest absolute Gasteiger partial charge is 0.264 e. The van der Waals surface area contributed by atoms with E-state index in [0.29, 0.717) is 0 Å². The monoisotopic (exact) mass is 439 g/mol. The lowest BCUT2D eigenvalue weighted by molar-refractivity contribution is -0.538. The Morgan fingerprint density at radius 3 is 1.88 bits per heavy atom. The molecule has 0 fully saturated rings. The molecule has 5 rings (SSSR count). The summed E-state index contributed by atoms with van der Waals surface area (Å²) in [5.74, 6) is 0. The lowest BCUT2D eigenvalue weighted by Crippen LogP contribution is -2.33. The zero-order valence-electron chi connectivity index (χ0n) is 18.7. The molecular weight excluding hydrogens is 416 g/mol. The van der Waals surface area contributed by atoms with Crippen LogP contribution in [0, 0.1) is 0 Å². The minimum atomic E-state index is 0.799. The van der Waals surface area contributed by atoms with Crippen molar-refractivity contribution in [1.82, 2.24) is 4.98 Å². The molecule has 34 heavy (non-hydrogen) atoms. The van der Waals surface area contributed by atoms with E-state index >= 15 is 0 Å². The van der Waals surface area contributed by atoms with Crippen molar-refractivity contribution in [2.24, 2.45) is 9.98 Å². The Morgan fingerprint density at radius 1 is 0.676 bits per heavy atom. The van der Waals surface area contributed by atoms with Gasteiger partial charge in [0.1, 0.15) is 11.0 Å². The van der Waals surface area contributed by atoms with E-state index in [1.54, 1.807) is 0 Å². The van der Waals surface area contributed by atoms with Gasteiger partial charge in [0.05, 0.1) is 11.4 Å². The highest BCUT2D eigenvalue weighted by Crippen LogP contribution is 2.25. The quantitative estimate of drug-likeness (QED) is 0.159. The number of rotatable bonds is 6. The summed E-state index contributed by atoms with van der Waals surface area (Å²) in [6.45, 7) is 11.4. The fourth-order valence-electron chi connectivity index (χ4n) is 4.03. The SMILES string of the molecule is C=Cc1cc(C=C)cc(C=Nc2ccc3nc4ccc(N=C)cc4[n+](-c4ccccc4)c3c2)c1. The van der Waals surface area contributed by atoms with Crippen LogP contribution in [0.2, 0.25) is 0 Å². The second kappa shape index (κ2) is 9.04. The summed E-state index contributed by atoms with van der Waals surface area (Å²) in [4.78, 5) is 13.8. The van der Waals surface area contributed by atoms with E-state index < -0.39 is 0 Å². The molecule has 5 aromatic rings. The van der Waals surface area contributed by atoms with Crippen LogP contribution in [0.15, 0.2) is 108 Å². The molecule has 0 saturated heterocycles. The summed E-state index contributed by atoms with van der Waals surface area (Å²) in [7, 11) is 0. The van der Waals surface area contributed by atoms with E-state index in [1.807, 2.05) is 85.1 Å². The lowest BCUT2D eigenvalue weighted by Gasteiger charge is -2.06. The standard InChI is InChI=1S/C30H23N4/c1-4-21-15-22(5-2)17-23(16-21)20-32-25-12-14-28-30(19-25)34(26-9-7-6-8-10-26)29-18-24(31-3)11-13-27(29)33-28/h4-20H,1-3H2/q+1. The molecule has 0 amide bonds. The number of nitrogens with zero attached hydrogens (tertiary/aromatic N) is 4. The summed E-state index contributed by atoms with van der Waals surface area (Å²) in [5.41, 5.74) is 9.41. The first-order valence-electron chi connectivity index (χ1n) is 10.9. The van der Waals surface area contributed by atoms with E-state index in [2.05, 4.69) is 47.6 Å². The third-order valence-electron chi connectivity index (χ3n) is 5.67. The molecule has 0 saturated carbocycles. The first kappa shape index (κ1) is 21.2. The second-order valence-corrected chi connectivity index (χ2v) is 7.89. The van der Waals surface area contributed by atoms with Crippen LogP contribution in [0.25, 0.3) is 39.9 Å². The van der Waals surface area contributed by atoms with Crippen molar-refractivity contribution in [3.8, 4) is 5.69 Å². The van der Waals surface area contributed by atoms with E-state index in [9.17, 15) is 0 Å². The predicted molar refractivity (Wildman–Crippen MR) is 144 cm³/mol. The van der Waals surface area contributed by atoms with Crippen LogP contribution >= 0.6 is 0 Å². The summed E-state index contributed by atoms with van der Waals surface area (Å²) in [6, 6.07) is 28.3. The number of para-hydroxylation sites is 1. The number of aliphatic imine (C=N–C) groups is 2. The maximum absolute atomic E-state index is 4.89. The van der Waals surface area contributed by atoms with E-state index in [0.717, 1.165) is 55.8 Å². The van der Waals surface area contributed by atoms with Gasteiger partial charge in [0.25, 0.3) is 0 Å². The molecule has 4 aromatic carbocycles. The summed E-state index contributed by atoms with van der Waals surface area (Å²) in [6.07, 6.45) is 5.51. The molecule has 0 aliphatic heterocycles. The number of hydrogen-bond acceptors (Lipinski definition) is 3. The number of fused-ring (bicyclic) bond motifs is 2. The van der Waals surface area contributed by atoms with Crippen LogP contribution in [0.4, 0.5) is 11.4 Å². The average Bonchev–Trinajstić information content (AvgIpc) is 2.90. The van der Waals surface area contributed by atoms with Gasteiger partial charge in [-0.1, -0.05) is 43.5 Å². The molecule has 162 valence electrons. The molecule has 0 spiro atoms. The first-order chi connectivity index (χ1) is 16.7. The Kier molecular flexibility index (Phi) is 5.63. The molecule has 0 unspecified atom stereocenters. The summed E-state index contributed by atoms with van der Waals surface area (Å²) >= 11 is 0. The molecule has 0 atom stereocenters. The molecule has 4 heteroatoms. The van der Waals surface area contributed by atoms with E-state index in [-0.39, 0.29) is 0 Å². The topological polar surface area (TPSA) is 41.5 Å². The molecule has 0 aliphatic rings. The van der Waals surface area contributed by atoms with Crippen molar-refractivity contribution in [3.63, 3.8) is 0 Å². The van der Waals surface area contributed by atoms with E-state index in [4.69, 9.17) is 9.98 Å². The molecule has 0 bridgehead atoms. The van der Waals surface area contributed by atoms with Gasteiger partial charge in [-0.15, -0.1) is 4.57 Å². The Balaban J connectivity index is 1.70. The molecule has 1 aromatic heterocycles. The van der Waals surface area contributed by atoms with Crippen molar-refractivity contribution < 1.29 is 4.57 Å². The third kappa shape index (κ3) is 4.05. The number of hydrogen-bond donors (Lipinski definition) is 0. The van der Waals surface area contributed by atoms with Gasteiger partial charge in [0, 0.05) is 30.5 Å². The molecule has 0 N–H and O–H groups in total. The van der Waals surface area contributed by atoms with Gasteiger partial charge in [-0.3, -0.25) is 9.98 Å². The van der Waals surface area contributed by atoms with Crippen LogP contribution in [0.5, 0.6) is 0 Å². The van der Waals surface area contributed by atoms with Gasteiger partial charge in [-0.25, -0.2) is 4.98 Å². The van der Waals surface area contributed by atoms with Crippen LogP contribution in [-0.4, -0.2) is 17.9 Å². The third-order valence-corrected chi connectivity index (χ3v) is 5.67. The van der Waals surface area contributed by atoms with Crippen molar-refractivity contribution >= 4 is 58.5 Å². The highest BCUT2D eigenvalue weighted by atomic mass is 15.0.